The van der Waals surface area contributed by atoms with Gasteiger partial charge >= 0.3 is 6.03 Å². The van der Waals surface area contributed by atoms with E-state index in [-0.39, 0.29) is 18.0 Å². The predicted molar refractivity (Wildman–Crippen MR) is 134 cm³/mol. The molecule has 0 aromatic carbocycles. The zero-order valence-electron chi connectivity index (χ0n) is 21.0. The maximum Gasteiger partial charge on any atom is 0.321 e. The van der Waals surface area contributed by atoms with Crippen LogP contribution in [0, 0.1) is 12.8 Å². The molecule has 35 heavy (non-hydrogen) atoms. The molecule has 2 fully saturated rings. The molecule has 190 valence electrons. The fraction of sp³-hybridized carbons (Fsp3) is 0.667. The summed E-state index contributed by atoms with van der Waals surface area (Å²) in [6.45, 7) is 13.8. The van der Waals surface area contributed by atoms with Crippen molar-refractivity contribution in [2.75, 3.05) is 44.7 Å². The molecular weight excluding hydrogens is 466 g/mol. The Kier molecular flexibility index (Phi) is 6.58. The summed E-state index contributed by atoms with van der Waals surface area (Å²) < 4.78 is 5.50. The zero-order chi connectivity index (χ0) is 24.7. The van der Waals surface area contributed by atoms with Gasteiger partial charge in [-0.2, -0.15) is 5.10 Å². The van der Waals surface area contributed by atoms with Crippen molar-refractivity contribution in [2.24, 2.45) is 5.92 Å². The molecule has 0 saturated carbocycles. The Morgan fingerprint density at radius 3 is 2.74 bits per heavy atom. The summed E-state index contributed by atoms with van der Waals surface area (Å²) in [6.07, 6.45) is 2.25. The Morgan fingerprint density at radius 1 is 1.29 bits per heavy atom. The quantitative estimate of drug-likeness (QED) is 0.667. The first-order valence-electron chi connectivity index (χ1n) is 12.4. The number of H-pyrrole nitrogens is 1. The second-order valence-corrected chi connectivity index (χ2v) is 11.5. The van der Waals surface area contributed by atoms with E-state index in [4.69, 9.17) is 4.74 Å². The van der Waals surface area contributed by atoms with Crippen LogP contribution in [0.15, 0.2) is 5.38 Å². The lowest BCUT2D eigenvalue weighted by Crippen LogP contribution is -2.59. The molecular formula is C24H35N7O3S. The van der Waals surface area contributed by atoms with E-state index < -0.39 is 5.54 Å². The summed E-state index contributed by atoms with van der Waals surface area (Å²) in [7, 11) is 0. The number of nitrogens with one attached hydrogen (secondary N) is 2. The van der Waals surface area contributed by atoms with Gasteiger partial charge in [-0.3, -0.25) is 14.8 Å². The van der Waals surface area contributed by atoms with Crippen LogP contribution < -0.4 is 5.32 Å². The Hall–Kier alpha value is -2.50. The third-order valence-corrected chi connectivity index (χ3v) is 8.37. The average molecular weight is 502 g/mol. The molecule has 0 bridgehead atoms. The third-order valence-electron chi connectivity index (χ3n) is 7.60. The monoisotopic (exact) mass is 501 g/mol. The molecule has 3 aliphatic heterocycles. The Labute approximate surface area is 210 Å². The van der Waals surface area contributed by atoms with Gasteiger partial charge < -0.3 is 19.9 Å². The molecule has 2 N–H and O–H groups in total. The highest BCUT2D eigenvalue weighted by Crippen LogP contribution is 2.41. The van der Waals surface area contributed by atoms with E-state index in [0.29, 0.717) is 24.0 Å². The molecule has 2 saturated heterocycles. The summed E-state index contributed by atoms with van der Waals surface area (Å²) in [5.74, 6) is 0.865. The highest BCUT2D eigenvalue weighted by molar-refractivity contribution is 7.09. The normalized spacial score (nSPS) is 22.9. The van der Waals surface area contributed by atoms with Gasteiger partial charge in [-0.25, -0.2) is 9.78 Å². The van der Waals surface area contributed by atoms with E-state index in [2.05, 4.69) is 32.3 Å². The Balaban J connectivity index is 1.24. The van der Waals surface area contributed by atoms with Crippen molar-refractivity contribution in [3.05, 3.63) is 27.3 Å². The molecule has 2 aromatic rings. The highest BCUT2D eigenvalue weighted by Gasteiger charge is 2.46. The van der Waals surface area contributed by atoms with Crippen LogP contribution in [0.3, 0.4) is 0 Å². The van der Waals surface area contributed by atoms with Crippen molar-refractivity contribution in [3.63, 3.8) is 0 Å². The van der Waals surface area contributed by atoms with Gasteiger partial charge in [0, 0.05) is 56.4 Å². The van der Waals surface area contributed by atoms with E-state index in [0.717, 1.165) is 68.5 Å². The number of thiazole rings is 1. The molecule has 0 unspecified atom stereocenters. The van der Waals surface area contributed by atoms with Crippen molar-refractivity contribution in [3.8, 4) is 0 Å². The third kappa shape index (κ3) is 4.68. The number of anilines is 1. The minimum absolute atomic E-state index is 0.0326. The van der Waals surface area contributed by atoms with Crippen LogP contribution in [0.2, 0.25) is 0 Å². The van der Waals surface area contributed by atoms with Gasteiger partial charge in [-0.15, -0.1) is 11.3 Å². The van der Waals surface area contributed by atoms with E-state index in [1.807, 2.05) is 30.6 Å². The number of carbonyl (C=O) groups excluding carboxylic acids is 2. The lowest BCUT2D eigenvalue weighted by atomic mass is 9.99. The minimum atomic E-state index is -0.557. The second kappa shape index (κ2) is 9.51. The van der Waals surface area contributed by atoms with E-state index >= 15 is 0 Å². The molecule has 2 aromatic heterocycles. The standard InChI is InChI=1S/C24H35N7O3S/c1-15-11-29(12-17-5-9-34-10-6-17)7-8-30(15)23(33)31-13-18-20(24(31,3)4)27-28-21(18)26-22(32)19-14-35-16(2)25-19/h14-15,17H,5-13H2,1-4H3,(H2,26,27,28,32)/t15-/m0/s1. The van der Waals surface area contributed by atoms with Crippen molar-refractivity contribution in [2.45, 2.75) is 58.7 Å². The number of hydrogen-bond donors (Lipinski definition) is 2. The van der Waals surface area contributed by atoms with Crippen molar-refractivity contribution < 1.29 is 14.3 Å². The molecule has 1 atom stereocenters. The summed E-state index contributed by atoms with van der Waals surface area (Å²) in [5, 5.41) is 12.9. The van der Waals surface area contributed by atoms with Crippen LogP contribution >= 0.6 is 11.3 Å². The fourth-order valence-electron chi connectivity index (χ4n) is 5.50. The van der Waals surface area contributed by atoms with E-state index in [9.17, 15) is 9.59 Å². The molecule has 5 heterocycles. The van der Waals surface area contributed by atoms with Crippen LogP contribution in [0.25, 0.3) is 0 Å². The second-order valence-electron chi connectivity index (χ2n) is 10.4. The number of aryl methyl sites for hydroxylation is 1. The molecule has 3 aliphatic rings. The van der Waals surface area contributed by atoms with Crippen LogP contribution in [0.5, 0.6) is 0 Å². The van der Waals surface area contributed by atoms with Gasteiger partial charge in [0.15, 0.2) is 5.82 Å². The van der Waals surface area contributed by atoms with Gasteiger partial charge in [-0.1, -0.05) is 0 Å². The first kappa shape index (κ1) is 24.2. The Bertz CT molecular complexity index is 1090. The maximum absolute atomic E-state index is 13.7. The summed E-state index contributed by atoms with van der Waals surface area (Å²) >= 11 is 1.43. The molecule has 3 amide bonds. The molecule has 10 nitrogen and oxygen atoms in total. The summed E-state index contributed by atoms with van der Waals surface area (Å²) in [6, 6.07) is 0.168. The van der Waals surface area contributed by atoms with Crippen LogP contribution in [0.1, 0.15) is 60.4 Å². The first-order valence-corrected chi connectivity index (χ1v) is 13.3. The Morgan fingerprint density at radius 2 is 2.06 bits per heavy atom. The number of carbonyl (C=O) groups is 2. The van der Waals surface area contributed by atoms with Gasteiger partial charge in [0.1, 0.15) is 5.69 Å². The summed E-state index contributed by atoms with van der Waals surface area (Å²) in [5.41, 5.74) is 1.54. The van der Waals surface area contributed by atoms with Crippen LogP contribution in [-0.2, 0) is 16.8 Å². The number of nitrogens with zero attached hydrogens (tertiary/aromatic N) is 5. The number of urea groups is 1. The molecule has 5 rings (SSSR count). The van der Waals surface area contributed by atoms with Gasteiger partial charge in [-0.05, 0) is 46.5 Å². The van der Waals surface area contributed by atoms with Crippen molar-refractivity contribution in [1.82, 2.24) is 29.9 Å². The number of hydrogen-bond acceptors (Lipinski definition) is 7. The number of fused-ring (bicyclic) bond motifs is 1. The molecule has 11 heteroatoms. The number of rotatable bonds is 4. The lowest BCUT2D eigenvalue weighted by molar-refractivity contribution is 0.0290. The topological polar surface area (TPSA) is 107 Å². The molecule has 0 spiro atoms. The summed E-state index contributed by atoms with van der Waals surface area (Å²) in [4.78, 5) is 37.0. The van der Waals surface area contributed by atoms with Crippen molar-refractivity contribution in [1.29, 1.82) is 0 Å². The lowest BCUT2D eigenvalue weighted by Gasteiger charge is -2.44. The largest absolute Gasteiger partial charge is 0.381 e. The number of amides is 3. The van der Waals surface area contributed by atoms with Crippen LogP contribution in [-0.4, -0.2) is 87.3 Å². The van der Waals surface area contributed by atoms with Gasteiger partial charge in [0.05, 0.1) is 22.8 Å². The fourth-order valence-corrected chi connectivity index (χ4v) is 6.09. The smallest absolute Gasteiger partial charge is 0.321 e. The minimum Gasteiger partial charge on any atom is -0.381 e. The zero-order valence-corrected chi connectivity index (χ0v) is 21.8. The predicted octanol–water partition coefficient (Wildman–Crippen LogP) is 3.03. The molecule has 0 aliphatic carbocycles. The van der Waals surface area contributed by atoms with E-state index in [1.54, 1.807) is 5.38 Å². The maximum atomic E-state index is 13.7. The number of aromatic amines is 1. The van der Waals surface area contributed by atoms with Crippen LogP contribution in [0.4, 0.5) is 10.6 Å². The van der Waals surface area contributed by atoms with Crippen molar-refractivity contribution >= 4 is 29.1 Å². The SMILES string of the molecule is Cc1nc(C(=O)Nc2n[nH]c3c2CN(C(=O)N2CCN(CC4CCOCC4)C[C@@H]2C)C3(C)C)cs1. The number of ether oxygens (including phenoxy) is 1. The first-order chi connectivity index (χ1) is 16.7. The average Bonchev–Trinajstić information content (AvgIpc) is 3.50. The molecule has 0 radical (unpaired) electrons. The number of aromatic nitrogens is 3. The highest BCUT2D eigenvalue weighted by atomic mass is 32.1. The van der Waals surface area contributed by atoms with E-state index in [1.165, 1.54) is 11.3 Å². The van der Waals surface area contributed by atoms with Gasteiger partial charge in [0.2, 0.25) is 0 Å². The number of piperazine rings is 1. The van der Waals surface area contributed by atoms with Gasteiger partial charge in [0.25, 0.3) is 5.91 Å².